The van der Waals surface area contributed by atoms with E-state index >= 15 is 0 Å². The fourth-order valence-electron chi connectivity index (χ4n) is 4.30. The van der Waals surface area contributed by atoms with E-state index in [-0.39, 0.29) is 0 Å². The van der Waals surface area contributed by atoms with Gasteiger partial charge in [-0.1, -0.05) is 24.1 Å². The number of nitrogens with zero attached hydrogens (tertiary/aromatic N) is 4. The highest BCUT2D eigenvalue weighted by Crippen LogP contribution is 2.35. The summed E-state index contributed by atoms with van der Waals surface area (Å²) in [5.41, 5.74) is 0.736. The Morgan fingerprint density at radius 3 is 2.67 bits per heavy atom. The number of hydrogen-bond acceptors (Lipinski definition) is 3. The lowest BCUT2D eigenvalue weighted by Gasteiger charge is -2.27. The van der Waals surface area contributed by atoms with Crippen LogP contribution in [0.1, 0.15) is 54.9 Å². The summed E-state index contributed by atoms with van der Waals surface area (Å²) in [7, 11) is 0. The lowest BCUT2D eigenvalue weighted by Crippen LogP contribution is -2.30. The molecule has 0 amide bonds. The van der Waals surface area contributed by atoms with Crippen LogP contribution in [0.15, 0.2) is 24.3 Å². The molecule has 0 saturated heterocycles. The van der Waals surface area contributed by atoms with E-state index in [4.69, 9.17) is 11.6 Å². The second-order valence-corrected chi connectivity index (χ2v) is 8.48. The summed E-state index contributed by atoms with van der Waals surface area (Å²) >= 11 is 6.19. The van der Waals surface area contributed by atoms with Crippen molar-refractivity contribution in [2.75, 3.05) is 19.6 Å². The molecule has 1 aromatic heterocycles. The SMILES string of the molecule is FC(F)(F)c1ccc(Cl)c(C2=CCN(CCCc3nnc4n3CCCCC4)CC2)c1. The molecule has 0 fully saturated rings. The number of rotatable bonds is 5. The first-order valence-electron chi connectivity index (χ1n) is 10.6. The van der Waals surface area contributed by atoms with Crippen LogP contribution >= 0.6 is 11.6 Å². The minimum Gasteiger partial charge on any atom is -0.315 e. The summed E-state index contributed by atoms with van der Waals surface area (Å²) in [6.07, 6.45) is 4.89. The molecular formula is C22H26ClF3N4. The predicted octanol–water partition coefficient (Wildman–Crippen LogP) is 5.40. The fourth-order valence-corrected chi connectivity index (χ4v) is 4.54. The van der Waals surface area contributed by atoms with E-state index in [9.17, 15) is 13.2 Å². The Morgan fingerprint density at radius 1 is 1.03 bits per heavy atom. The summed E-state index contributed by atoms with van der Waals surface area (Å²) in [5, 5.41) is 9.11. The lowest BCUT2D eigenvalue weighted by atomic mass is 9.97. The maximum absolute atomic E-state index is 13.0. The Bertz CT molecular complexity index is 920. The van der Waals surface area contributed by atoms with E-state index in [1.54, 1.807) is 0 Å². The fraction of sp³-hybridized carbons (Fsp3) is 0.545. The highest BCUT2D eigenvalue weighted by atomic mass is 35.5. The number of aromatic nitrogens is 3. The van der Waals surface area contributed by atoms with Crippen molar-refractivity contribution in [1.29, 1.82) is 0 Å². The standard InChI is InChI=1S/C22H26ClF3N4/c23-19-8-7-17(22(24,25)26)15-18(19)16-9-13-29(14-10-16)11-4-6-21-28-27-20-5-2-1-3-12-30(20)21/h7-9,15H,1-6,10-14H2. The van der Waals surface area contributed by atoms with Crippen LogP contribution in [0.5, 0.6) is 0 Å². The lowest BCUT2D eigenvalue weighted by molar-refractivity contribution is -0.137. The largest absolute Gasteiger partial charge is 0.416 e. The number of aryl methyl sites for hydroxylation is 2. The summed E-state index contributed by atoms with van der Waals surface area (Å²) < 4.78 is 41.4. The van der Waals surface area contributed by atoms with Gasteiger partial charge in [-0.05, 0) is 61.6 Å². The summed E-state index contributed by atoms with van der Waals surface area (Å²) in [5.74, 6) is 2.20. The van der Waals surface area contributed by atoms with Gasteiger partial charge < -0.3 is 4.57 Å². The maximum atomic E-state index is 13.0. The molecule has 2 aromatic rings. The number of fused-ring (bicyclic) bond motifs is 1. The topological polar surface area (TPSA) is 34.0 Å². The quantitative estimate of drug-likeness (QED) is 0.626. The summed E-state index contributed by atoms with van der Waals surface area (Å²) in [6, 6.07) is 3.54. The molecule has 8 heteroatoms. The van der Waals surface area contributed by atoms with Crippen molar-refractivity contribution in [2.45, 2.75) is 57.7 Å². The van der Waals surface area contributed by atoms with Gasteiger partial charge in [0.1, 0.15) is 11.6 Å². The Morgan fingerprint density at radius 2 is 1.90 bits per heavy atom. The van der Waals surface area contributed by atoms with Gasteiger partial charge in [-0.3, -0.25) is 4.90 Å². The van der Waals surface area contributed by atoms with E-state index in [0.717, 1.165) is 68.7 Å². The monoisotopic (exact) mass is 438 g/mol. The van der Waals surface area contributed by atoms with Crippen LogP contribution in [-0.4, -0.2) is 39.3 Å². The molecule has 30 heavy (non-hydrogen) atoms. The first-order chi connectivity index (χ1) is 14.4. The van der Waals surface area contributed by atoms with Crippen LogP contribution in [0.2, 0.25) is 5.02 Å². The zero-order chi connectivity index (χ0) is 21.1. The maximum Gasteiger partial charge on any atom is 0.416 e. The zero-order valence-electron chi connectivity index (χ0n) is 16.9. The molecule has 0 unspecified atom stereocenters. The van der Waals surface area contributed by atoms with Crippen molar-refractivity contribution in [2.24, 2.45) is 0 Å². The van der Waals surface area contributed by atoms with Crippen molar-refractivity contribution in [3.63, 3.8) is 0 Å². The molecule has 0 bridgehead atoms. The van der Waals surface area contributed by atoms with Gasteiger partial charge in [0.2, 0.25) is 0 Å². The summed E-state index contributed by atoms with van der Waals surface area (Å²) in [6.45, 7) is 3.49. The van der Waals surface area contributed by atoms with E-state index in [1.807, 2.05) is 6.08 Å². The van der Waals surface area contributed by atoms with Gasteiger partial charge in [0.05, 0.1) is 5.56 Å². The average molecular weight is 439 g/mol. The molecule has 4 rings (SSSR count). The second kappa shape index (κ2) is 9.10. The molecule has 0 spiro atoms. The first kappa shape index (κ1) is 21.4. The van der Waals surface area contributed by atoms with Crippen LogP contribution in [0.4, 0.5) is 13.2 Å². The predicted molar refractivity (Wildman–Crippen MR) is 111 cm³/mol. The normalized spacial score (nSPS) is 18.1. The number of halogens is 4. The third-order valence-corrected chi connectivity index (χ3v) is 6.32. The molecule has 3 heterocycles. The van der Waals surface area contributed by atoms with Gasteiger partial charge in [0, 0.05) is 37.5 Å². The van der Waals surface area contributed by atoms with E-state index < -0.39 is 11.7 Å². The molecule has 0 radical (unpaired) electrons. The molecular weight excluding hydrogens is 413 g/mol. The minimum absolute atomic E-state index is 0.371. The van der Waals surface area contributed by atoms with E-state index in [1.165, 1.54) is 31.4 Å². The zero-order valence-corrected chi connectivity index (χ0v) is 17.6. The number of hydrogen-bond donors (Lipinski definition) is 0. The molecule has 2 aliphatic rings. The Kier molecular flexibility index (Phi) is 6.48. The molecule has 162 valence electrons. The van der Waals surface area contributed by atoms with Crippen LogP contribution in [0.25, 0.3) is 5.57 Å². The third kappa shape index (κ3) is 4.89. The Balaban J connectivity index is 1.33. The van der Waals surface area contributed by atoms with Gasteiger partial charge in [0.25, 0.3) is 0 Å². The summed E-state index contributed by atoms with van der Waals surface area (Å²) in [4.78, 5) is 2.32. The van der Waals surface area contributed by atoms with Crippen molar-refractivity contribution in [1.82, 2.24) is 19.7 Å². The Hall–Kier alpha value is -1.86. The van der Waals surface area contributed by atoms with Crippen molar-refractivity contribution < 1.29 is 13.2 Å². The van der Waals surface area contributed by atoms with Crippen LogP contribution < -0.4 is 0 Å². The average Bonchev–Trinajstić information content (AvgIpc) is 2.94. The highest BCUT2D eigenvalue weighted by molar-refractivity contribution is 6.32. The van der Waals surface area contributed by atoms with Crippen molar-refractivity contribution >= 4 is 17.2 Å². The first-order valence-corrected chi connectivity index (χ1v) is 11.0. The van der Waals surface area contributed by atoms with Crippen LogP contribution in [-0.2, 0) is 25.6 Å². The highest BCUT2D eigenvalue weighted by Gasteiger charge is 2.31. The number of alkyl halides is 3. The minimum atomic E-state index is -4.36. The molecule has 2 aliphatic heterocycles. The molecule has 4 nitrogen and oxygen atoms in total. The molecule has 0 saturated carbocycles. The van der Waals surface area contributed by atoms with Crippen molar-refractivity contribution in [3.8, 4) is 0 Å². The van der Waals surface area contributed by atoms with Gasteiger partial charge in [-0.25, -0.2) is 0 Å². The molecule has 0 atom stereocenters. The molecule has 0 aliphatic carbocycles. The third-order valence-electron chi connectivity index (χ3n) is 5.99. The van der Waals surface area contributed by atoms with E-state index in [2.05, 4.69) is 19.7 Å². The molecule has 0 N–H and O–H groups in total. The van der Waals surface area contributed by atoms with Gasteiger partial charge in [-0.2, -0.15) is 13.2 Å². The number of benzene rings is 1. The smallest absolute Gasteiger partial charge is 0.315 e. The molecule has 1 aromatic carbocycles. The van der Waals surface area contributed by atoms with E-state index in [0.29, 0.717) is 17.0 Å². The van der Waals surface area contributed by atoms with Crippen molar-refractivity contribution in [3.05, 3.63) is 52.1 Å². The van der Waals surface area contributed by atoms with Crippen LogP contribution in [0, 0.1) is 0 Å². The van der Waals surface area contributed by atoms with Gasteiger partial charge >= 0.3 is 6.18 Å². The van der Waals surface area contributed by atoms with Gasteiger partial charge in [0.15, 0.2) is 0 Å². The second-order valence-electron chi connectivity index (χ2n) is 8.07. The van der Waals surface area contributed by atoms with Gasteiger partial charge in [-0.15, -0.1) is 10.2 Å². The Labute approximate surface area is 179 Å². The van der Waals surface area contributed by atoms with Crippen LogP contribution in [0.3, 0.4) is 0 Å².